The summed E-state index contributed by atoms with van der Waals surface area (Å²) in [6.07, 6.45) is 5.41. The van der Waals surface area contributed by atoms with Gasteiger partial charge in [0.2, 0.25) is 5.91 Å². The average Bonchev–Trinajstić information content (AvgIpc) is 2.14. The molecule has 1 aliphatic rings. The van der Waals surface area contributed by atoms with Gasteiger partial charge in [0.25, 0.3) is 0 Å². The van der Waals surface area contributed by atoms with E-state index < -0.39 is 5.91 Å². The van der Waals surface area contributed by atoms with E-state index in [1.807, 2.05) is 26.0 Å². The van der Waals surface area contributed by atoms with Gasteiger partial charge in [-0.25, -0.2) is 0 Å². The Labute approximate surface area is 71.8 Å². The summed E-state index contributed by atoms with van der Waals surface area (Å²) >= 11 is 0. The maximum atomic E-state index is 10.9. The van der Waals surface area contributed by atoms with Crippen LogP contribution in [0, 0.1) is 0 Å². The first kappa shape index (κ1) is 8.57. The van der Waals surface area contributed by atoms with E-state index in [0.29, 0.717) is 5.57 Å². The Kier molecular flexibility index (Phi) is 2.32. The van der Waals surface area contributed by atoms with E-state index in [1.54, 1.807) is 6.08 Å². The minimum absolute atomic E-state index is 0.403. The summed E-state index contributed by atoms with van der Waals surface area (Å²) in [4.78, 5) is 10.9. The molecular weight excluding hydrogens is 150 g/mol. The molecule has 0 unspecified atom stereocenters. The van der Waals surface area contributed by atoms with E-state index in [0.717, 1.165) is 11.1 Å². The molecule has 12 heavy (non-hydrogen) atoms. The number of carbonyl (C=O) groups excluding carboxylic acids is 1. The van der Waals surface area contributed by atoms with Crippen molar-refractivity contribution in [3.63, 3.8) is 0 Å². The average molecular weight is 161 g/mol. The van der Waals surface area contributed by atoms with Crippen LogP contribution in [-0.4, -0.2) is 5.91 Å². The van der Waals surface area contributed by atoms with Crippen LogP contribution in [0.2, 0.25) is 0 Å². The van der Waals surface area contributed by atoms with Crippen molar-refractivity contribution in [3.8, 4) is 0 Å². The second-order valence-electron chi connectivity index (χ2n) is 2.77. The Morgan fingerprint density at radius 1 is 1.42 bits per heavy atom. The molecule has 0 heterocycles. The Balaban J connectivity index is 3.19. The van der Waals surface area contributed by atoms with E-state index in [2.05, 4.69) is 5.73 Å². The van der Waals surface area contributed by atoms with Crippen LogP contribution in [0.25, 0.3) is 0 Å². The summed E-state index contributed by atoms with van der Waals surface area (Å²) in [6.45, 7) is 3.76. The molecule has 2 heteroatoms. The molecule has 1 amide bonds. The number of nitrogens with two attached hydrogens (primary N) is 1. The van der Waals surface area contributed by atoms with Gasteiger partial charge in [0, 0.05) is 11.1 Å². The van der Waals surface area contributed by atoms with E-state index in [4.69, 9.17) is 5.73 Å². The molecule has 0 aromatic rings. The highest BCUT2D eigenvalue weighted by Crippen LogP contribution is 2.12. The molecule has 0 saturated carbocycles. The molecule has 2 nitrogen and oxygen atoms in total. The lowest BCUT2D eigenvalue weighted by atomic mass is 10.1. The first-order valence-electron chi connectivity index (χ1n) is 3.73. The zero-order chi connectivity index (χ0) is 9.14. The lowest BCUT2D eigenvalue weighted by Gasteiger charge is -1.96. The van der Waals surface area contributed by atoms with Crippen molar-refractivity contribution >= 4 is 5.91 Å². The molecule has 0 bridgehead atoms. The third kappa shape index (κ3) is 1.74. The van der Waals surface area contributed by atoms with Gasteiger partial charge >= 0.3 is 0 Å². The van der Waals surface area contributed by atoms with Crippen LogP contribution in [0.15, 0.2) is 40.7 Å². The first-order chi connectivity index (χ1) is 5.61. The van der Waals surface area contributed by atoms with Crippen LogP contribution in [-0.2, 0) is 4.79 Å². The minimum Gasteiger partial charge on any atom is -0.366 e. The van der Waals surface area contributed by atoms with Gasteiger partial charge < -0.3 is 5.73 Å². The summed E-state index contributed by atoms with van der Waals surface area (Å²) < 4.78 is 0. The summed E-state index contributed by atoms with van der Waals surface area (Å²) in [7, 11) is 0. The molecule has 0 spiro atoms. The largest absolute Gasteiger partial charge is 0.366 e. The van der Waals surface area contributed by atoms with Gasteiger partial charge in [-0.05, 0) is 31.6 Å². The summed E-state index contributed by atoms with van der Waals surface area (Å²) in [5.41, 5.74) is 10.5. The highest BCUT2D eigenvalue weighted by atomic mass is 16.1. The highest BCUT2D eigenvalue weighted by molar-refractivity contribution is 5.96. The van der Waals surface area contributed by atoms with E-state index >= 15 is 0 Å². The smallest absolute Gasteiger partial charge is 0.249 e. The molecule has 62 valence electrons. The molecule has 0 fully saturated rings. The number of primary amides is 1. The third-order valence-corrected chi connectivity index (χ3v) is 1.70. The second kappa shape index (κ2) is 3.24. The Hall–Kier alpha value is -1.53. The van der Waals surface area contributed by atoms with Gasteiger partial charge in [-0.3, -0.25) is 4.79 Å². The van der Waals surface area contributed by atoms with Crippen LogP contribution in [0.5, 0.6) is 0 Å². The van der Waals surface area contributed by atoms with Gasteiger partial charge in [0.05, 0.1) is 0 Å². The zero-order valence-electron chi connectivity index (χ0n) is 7.22. The number of hydrogen-bond acceptors (Lipinski definition) is 1. The molecule has 0 aromatic carbocycles. The minimum atomic E-state index is -0.403. The quantitative estimate of drug-likeness (QED) is 0.581. The monoisotopic (exact) mass is 161 g/mol. The zero-order valence-corrected chi connectivity index (χ0v) is 7.22. The molecule has 0 aliphatic heterocycles. The molecule has 2 N–H and O–H groups in total. The van der Waals surface area contributed by atoms with Crippen molar-refractivity contribution in [2.45, 2.75) is 13.8 Å². The van der Waals surface area contributed by atoms with Crippen molar-refractivity contribution in [2.24, 2.45) is 5.73 Å². The summed E-state index contributed by atoms with van der Waals surface area (Å²) in [5, 5.41) is 0. The van der Waals surface area contributed by atoms with Crippen molar-refractivity contribution in [1.82, 2.24) is 0 Å². The van der Waals surface area contributed by atoms with Crippen LogP contribution >= 0.6 is 0 Å². The third-order valence-electron chi connectivity index (χ3n) is 1.70. The fraction of sp³-hybridized carbons (Fsp3) is 0.200. The first-order valence-corrected chi connectivity index (χ1v) is 3.73. The fourth-order valence-electron chi connectivity index (χ4n) is 0.955. The van der Waals surface area contributed by atoms with Gasteiger partial charge in [-0.2, -0.15) is 0 Å². The van der Waals surface area contributed by atoms with Gasteiger partial charge in [0.1, 0.15) is 0 Å². The molecular formula is C10H11NO. The van der Waals surface area contributed by atoms with Gasteiger partial charge in [0.15, 0.2) is 0 Å². The van der Waals surface area contributed by atoms with Crippen molar-refractivity contribution in [1.29, 1.82) is 0 Å². The van der Waals surface area contributed by atoms with E-state index in [1.165, 1.54) is 0 Å². The lowest BCUT2D eigenvalue weighted by molar-refractivity contribution is -0.114. The number of carbonyl (C=O) groups is 1. The van der Waals surface area contributed by atoms with Crippen molar-refractivity contribution < 1.29 is 4.79 Å². The Bertz CT molecular complexity index is 339. The Morgan fingerprint density at radius 2 is 2.08 bits per heavy atom. The molecule has 0 saturated heterocycles. The topological polar surface area (TPSA) is 43.1 Å². The molecule has 0 aromatic heterocycles. The Morgan fingerprint density at radius 3 is 2.67 bits per heavy atom. The van der Waals surface area contributed by atoms with E-state index in [9.17, 15) is 4.79 Å². The standard InChI is InChI=1S/C10H11NO/c1-7-3-5-8(2)9(6-4-7)10(11)12/h3-4,6H,1-2H3,(H2,11,12). The van der Waals surface area contributed by atoms with Crippen LogP contribution in [0.1, 0.15) is 13.8 Å². The predicted molar refractivity (Wildman–Crippen MR) is 48.3 cm³/mol. The highest BCUT2D eigenvalue weighted by Gasteiger charge is 2.06. The molecule has 1 aliphatic carbocycles. The number of rotatable bonds is 1. The summed E-state index contributed by atoms with van der Waals surface area (Å²) in [6, 6.07) is 0. The predicted octanol–water partition coefficient (Wildman–Crippen LogP) is 1.46. The number of allylic oxidation sites excluding steroid dienone is 3. The van der Waals surface area contributed by atoms with Crippen molar-refractivity contribution in [3.05, 3.63) is 40.7 Å². The van der Waals surface area contributed by atoms with Crippen LogP contribution in [0.3, 0.4) is 0 Å². The van der Waals surface area contributed by atoms with Crippen LogP contribution < -0.4 is 5.73 Å². The SMILES string of the molecule is CC1=C=CC(C)=CC=C1C(N)=O. The van der Waals surface area contributed by atoms with Gasteiger partial charge in [-0.15, -0.1) is 5.73 Å². The molecule has 1 rings (SSSR count). The van der Waals surface area contributed by atoms with Gasteiger partial charge in [-0.1, -0.05) is 6.08 Å². The maximum absolute atomic E-state index is 10.9. The summed E-state index contributed by atoms with van der Waals surface area (Å²) in [5.74, 6) is -0.403. The number of hydrogen-bond donors (Lipinski definition) is 1. The fourth-order valence-corrected chi connectivity index (χ4v) is 0.955. The maximum Gasteiger partial charge on any atom is 0.249 e. The van der Waals surface area contributed by atoms with Crippen molar-refractivity contribution in [2.75, 3.05) is 0 Å². The number of amides is 1. The second-order valence-corrected chi connectivity index (χ2v) is 2.77. The van der Waals surface area contributed by atoms with Crippen LogP contribution in [0.4, 0.5) is 0 Å². The lowest BCUT2D eigenvalue weighted by Crippen LogP contribution is -2.14. The molecule has 0 radical (unpaired) electrons. The van der Waals surface area contributed by atoms with E-state index in [-0.39, 0.29) is 0 Å². The normalized spacial score (nSPS) is 16.0. The molecule has 0 atom stereocenters.